The van der Waals surface area contributed by atoms with Crippen LogP contribution in [0.5, 0.6) is 0 Å². The van der Waals surface area contributed by atoms with Crippen LogP contribution in [0.25, 0.3) is 0 Å². The summed E-state index contributed by atoms with van der Waals surface area (Å²) in [4.78, 5) is 11.2. The Bertz CT molecular complexity index is 175. The van der Waals surface area contributed by atoms with Gasteiger partial charge in [0, 0.05) is 12.6 Å². The van der Waals surface area contributed by atoms with Crippen LogP contribution in [0, 0.1) is 5.92 Å². The van der Waals surface area contributed by atoms with E-state index in [2.05, 4.69) is 5.32 Å². The average molecular weight is 188 g/mol. The maximum Gasteiger partial charge on any atom is 0.224 e. The van der Waals surface area contributed by atoms with E-state index in [0.717, 1.165) is 6.42 Å². The number of aliphatic hydroxyl groups is 1. The summed E-state index contributed by atoms with van der Waals surface area (Å²) in [5.41, 5.74) is 5.49. The third kappa shape index (κ3) is 3.71. The van der Waals surface area contributed by atoms with Gasteiger partial charge in [0.25, 0.3) is 0 Å². The molecule has 1 aliphatic rings. The van der Waals surface area contributed by atoms with Gasteiger partial charge in [-0.1, -0.05) is 0 Å². The largest absolute Gasteiger partial charge is 0.394 e. The van der Waals surface area contributed by atoms with Crippen molar-refractivity contribution in [1.29, 1.82) is 0 Å². The topological polar surface area (TPSA) is 84.6 Å². The number of aliphatic hydroxyl groups excluding tert-OH is 1. The number of nitrogens with two attached hydrogens (primary N) is 1. The van der Waals surface area contributed by atoms with Crippen molar-refractivity contribution in [2.45, 2.75) is 12.5 Å². The molecule has 0 spiro atoms. The minimum absolute atomic E-state index is 0.0119. The van der Waals surface area contributed by atoms with E-state index in [1.807, 2.05) is 0 Å². The first-order valence-corrected chi connectivity index (χ1v) is 4.47. The summed E-state index contributed by atoms with van der Waals surface area (Å²) in [7, 11) is 0. The molecular formula is C8H16N2O3. The Morgan fingerprint density at radius 3 is 2.85 bits per heavy atom. The molecule has 0 saturated heterocycles. The lowest BCUT2D eigenvalue weighted by Crippen LogP contribution is -2.30. The first-order chi connectivity index (χ1) is 6.25. The molecule has 5 nitrogen and oxygen atoms in total. The van der Waals surface area contributed by atoms with Crippen LogP contribution in [0.3, 0.4) is 0 Å². The minimum atomic E-state index is 0.0119. The van der Waals surface area contributed by atoms with Gasteiger partial charge < -0.3 is 20.9 Å². The van der Waals surface area contributed by atoms with Crippen molar-refractivity contribution in [2.75, 3.05) is 26.4 Å². The number of carbonyl (C=O) groups excluding carboxylic acids is 1. The second-order valence-corrected chi connectivity index (χ2v) is 3.13. The van der Waals surface area contributed by atoms with Crippen LogP contribution in [0.1, 0.15) is 6.42 Å². The number of ether oxygens (including phenoxy) is 1. The molecular weight excluding hydrogens is 172 g/mol. The number of amides is 1. The standard InChI is InChI=1S/C8H16N2O3/c9-7-5-6(7)8(12)10-1-3-13-4-2-11/h6-7,11H,1-5,9H2,(H,10,12). The molecule has 1 amide bonds. The van der Waals surface area contributed by atoms with Crippen LogP contribution in [0.4, 0.5) is 0 Å². The zero-order chi connectivity index (χ0) is 9.68. The summed E-state index contributed by atoms with van der Waals surface area (Å²) in [5.74, 6) is 0.0259. The number of hydrogen-bond donors (Lipinski definition) is 3. The molecule has 2 unspecified atom stereocenters. The van der Waals surface area contributed by atoms with E-state index in [9.17, 15) is 4.79 Å². The predicted octanol–water partition coefficient (Wildman–Crippen LogP) is -1.54. The Labute approximate surface area is 77.2 Å². The van der Waals surface area contributed by atoms with Crippen LogP contribution in [-0.2, 0) is 9.53 Å². The van der Waals surface area contributed by atoms with Crippen LogP contribution in [0.15, 0.2) is 0 Å². The van der Waals surface area contributed by atoms with E-state index < -0.39 is 0 Å². The number of hydrogen-bond acceptors (Lipinski definition) is 4. The van der Waals surface area contributed by atoms with Crippen LogP contribution in [0.2, 0.25) is 0 Å². The van der Waals surface area contributed by atoms with Gasteiger partial charge in [0.1, 0.15) is 0 Å². The molecule has 0 aromatic heterocycles. The third-order valence-electron chi connectivity index (χ3n) is 1.96. The van der Waals surface area contributed by atoms with Crippen LogP contribution >= 0.6 is 0 Å². The molecule has 0 aromatic carbocycles. The molecule has 2 atom stereocenters. The molecule has 0 heterocycles. The Morgan fingerprint density at radius 2 is 2.31 bits per heavy atom. The molecule has 0 aromatic rings. The Hall–Kier alpha value is -0.650. The number of rotatable bonds is 6. The Kier molecular flexibility index (Phi) is 4.14. The monoisotopic (exact) mass is 188 g/mol. The number of nitrogens with one attached hydrogen (secondary N) is 1. The fourth-order valence-corrected chi connectivity index (χ4v) is 1.06. The Balaban J connectivity index is 1.91. The maximum absolute atomic E-state index is 11.2. The van der Waals surface area contributed by atoms with Gasteiger partial charge >= 0.3 is 0 Å². The van der Waals surface area contributed by atoms with Crippen LogP contribution < -0.4 is 11.1 Å². The normalized spacial score (nSPS) is 25.7. The quantitative estimate of drug-likeness (QED) is 0.441. The second kappa shape index (κ2) is 5.16. The molecule has 1 saturated carbocycles. The summed E-state index contributed by atoms with van der Waals surface area (Å²) >= 11 is 0. The van der Waals surface area contributed by atoms with Gasteiger partial charge in [-0.2, -0.15) is 0 Å². The molecule has 5 heteroatoms. The molecule has 0 bridgehead atoms. The van der Waals surface area contributed by atoms with Crippen molar-refractivity contribution in [3.8, 4) is 0 Å². The summed E-state index contributed by atoms with van der Waals surface area (Å²) in [6.45, 7) is 1.26. The lowest BCUT2D eigenvalue weighted by atomic mass is 10.4. The third-order valence-corrected chi connectivity index (χ3v) is 1.96. The molecule has 0 radical (unpaired) electrons. The van der Waals surface area contributed by atoms with Crippen molar-refractivity contribution in [1.82, 2.24) is 5.32 Å². The van der Waals surface area contributed by atoms with Gasteiger partial charge in [-0.3, -0.25) is 4.79 Å². The molecule has 1 fully saturated rings. The van der Waals surface area contributed by atoms with E-state index in [0.29, 0.717) is 19.8 Å². The fraction of sp³-hybridized carbons (Fsp3) is 0.875. The van der Waals surface area contributed by atoms with Gasteiger partial charge in [0.05, 0.1) is 25.7 Å². The van der Waals surface area contributed by atoms with Gasteiger partial charge in [-0.25, -0.2) is 0 Å². The maximum atomic E-state index is 11.2. The number of carbonyl (C=O) groups is 1. The predicted molar refractivity (Wildman–Crippen MR) is 47.0 cm³/mol. The van der Waals surface area contributed by atoms with Gasteiger partial charge in [-0.05, 0) is 6.42 Å². The molecule has 4 N–H and O–H groups in total. The second-order valence-electron chi connectivity index (χ2n) is 3.13. The highest BCUT2D eigenvalue weighted by Gasteiger charge is 2.39. The summed E-state index contributed by atoms with van der Waals surface area (Å²) < 4.78 is 4.96. The van der Waals surface area contributed by atoms with E-state index in [1.54, 1.807) is 0 Å². The highest BCUT2D eigenvalue weighted by Crippen LogP contribution is 2.27. The molecule has 1 aliphatic carbocycles. The van der Waals surface area contributed by atoms with Gasteiger partial charge in [0.2, 0.25) is 5.91 Å². The molecule has 0 aliphatic heterocycles. The molecule has 13 heavy (non-hydrogen) atoms. The van der Waals surface area contributed by atoms with E-state index in [4.69, 9.17) is 15.6 Å². The van der Waals surface area contributed by atoms with Gasteiger partial charge in [-0.15, -0.1) is 0 Å². The summed E-state index contributed by atoms with van der Waals surface area (Å²) in [5, 5.41) is 11.1. The van der Waals surface area contributed by atoms with Crippen molar-refractivity contribution in [3.63, 3.8) is 0 Å². The molecule has 1 rings (SSSR count). The highest BCUT2D eigenvalue weighted by molar-refractivity contribution is 5.82. The average Bonchev–Trinajstić information content (AvgIpc) is 2.82. The van der Waals surface area contributed by atoms with Gasteiger partial charge in [0.15, 0.2) is 0 Å². The van der Waals surface area contributed by atoms with E-state index >= 15 is 0 Å². The lowest BCUT2D eigenvalue weighted by molar-refractivity contribution is -0.122. The van der Waals surface area contributed by atoms with Crippen molar-refractivity contribution < 1.29 is 14.6 Å². The Morgan fingerprint density at radius 1 is 1.62 bits per heavy atom. The summed E-state index contributed by atoms with van der Waals surface area (Å²) in [6, 6.07) is 0.0540. The zero-order valence-electron chi connectivity index (χ0n) is 7.53. The highest BCUT2D eigenvalue weighted by atomic mass is 16.5. The summed E-state index contributed by atoms with van der Waals surface area (Å²) in [6.07, 6.45) is 0.795. The SMILES string of the molecule is NC1CC1C(=O)NCCOCCO. The smallest absolute Gasteiger partial charge is 0.224 e. The van der Waals surface area contributed by atoms with Crippen molar-refractivity contribution in [3.05, 3.63) is 0 Å². The first kappa shape index (κ1) is 10.4. The van der Waals surface area contributed by atoms with Crippen molar-refractivity contribution in [2.24, 2.45) is 11.7 Å². The zero-order valence-corrected chi connectivity index (χ0v) is 7.53. The van der Waals surface area contributed by atoms with Crippen molar-refractivity contribution >= 4 is 5.91 Å². The fourth-order valence-electron chi connectivity index (χ4n) is 1.06. The molecule has 76 valence electrons. The minimum Gasteiger partial charge on any atom is -0.394 e. The van der Waals surface area contributed by atoms with Crippen LogP contribution in [-0.4, -0.2) is 43.4 Å². The van der Waals surface area contributed by atoms with E-state index in [1.165, 1.54) is 0 Å². The van der Waals surface area contributed by atoms with E-state index in [-0.39, 0.29) is 24.5 Å². The lowest BCUT2D eigenvalue weighted by Gasteiger charge is -2.04. The first-order valence-electron chi connectivity index (χ1n) is 4.47.